The third kappa shape index (κ3) is 1.21. The molecule has 1 unspecified atom stereocenters. The van der Waals surface area contributed by atoms with Gasteiger partial charge in [-0.15, -0.1) is 0 Å². The molecule has 0 aromatic rings. The lowest BCUT2D eigenvalue weighted by molar-refractivity contribution is 0.297. The highest BCUT2D eigenvalue weighted by Gasteiger charge is 2.16. The van der Waals surface area contributed by atoms with E-state index in [1.54, 1.807) is 0 Å². The molecule has 1 fully saturated rings. The van der Waals surface area contributed by atoms with E-state index >= 15 is 0 Å². The van der Waals surface area contributed by atoms with Gasteiger partial charge in [0.15, 0.2) is 0 Å². The summed E-state index contributed by atoms with van der Waals surface area (Å²) >= 11 is 0. The van der Waals surface area contributed by atoms with Gasteiger partial charge in [0, 0.05) is 25.3 Å². The smallest absolute Gasteiger partial charge is 0.0401 e. The summed E-state index contributed by atoms with van der Waals surface area (Å²) in [6.45, 7) is 4.82. The molecule has 1 atom stereocenters. The topological polar surface area (TPSA) is 15.6 Å². The molecule has 2 heterocycles. The second-order valence-corrected chi connectivity index (χ2v) is 3.18. The number of rotatable bonds is 0. The highest BCUT2D eigenvalue weighted by Crippen LogP contribution is 2.10. The van der Waals surface area contributed by atoms with Crippen molar-refractivity contribution in [1.29, 1.82) is 0 Å². The summed E-state index contributed by atoms with van der Waals surface area (Å²) in [5, 5.41) is 0. The van der Waals surface area contributed by atoms with Crippen LogP contribution in [0.4, 0.5) is 0 Å². The zero-order chi connectivity index (χ0) is 6.81. The van der Waals surface area contributed by atoms with E-state index in [9.17, 15) is 0 Å². The lowest BCUT2D eigenvalue weighted by Gasteiger charge is -2.24. The van der Waals surface area contributed by atoms with Gasteiger partial charge in [-0.2, -0.15) is 0 Å². The van der Waals surface area contributed by atoms with Gasteiger partial charge in [-0.25, -0.2) is 0 Å². The number of hydrogen-bond acceptors (Lipinski definition) is 2. The first-order valence-corrected chi connectivity index (χ1v) is 4.20. The van der Waals surface area contributed by atoms with Crippen molar-refractivity contribution in [2.45, 2.75) is 19.3 Å². The minimum Gasteiger partial charge on any atom is -0.298 e. The van der Waals surface area contributed by atoms with Crippen molar-refractivity contribution in [2.75, 3.05) is 26.2 Å². The molecule has 2 nitrogen and oxygen atoms in total. The summed E-state index contributed by atoms with van der Waals surface area (Å²) in [5.74, 6) is 0. The zero-order valence-corrected chi connectivity index (χ0v) is 6.34. The SMILES string of the molecule is C1CN=C2CCCN(C1)C2. The Morgan fingerprint density at radius 2 is 2.10 bits per heavy atom. The summed E-state index contributed by atoms with van der Waals surface area (Å²) in [6.07, 6.45) is 3.86. The Hall–Kier alpha value is -0.370. The van der Waals surface area contributed by atoms with Gasteiger partial charge in [-0.05, 0) is 25.8 Å². The highest BCUT2D eigenvalue weighted by molar-refractivity contribution is 5.87. The van der Waals surface area contributed by atoms with Crippen molar-refractivity contribution in [3.63, 3.8) is 0 Å². The van der Waals surface area contributed by atoms with Crippen LogP contribution in [0.25, 0.3) is 0 Å². The molecule has 0 aromatic carbocycles. The summed E-state index contributed by atoms with van der Waals surface area (Å²) in [5.41, 5.74) is 1.45. The van der Waals surface area contributed by atoms with Crippen LogP contribution >= 0.6 is 0 Å². The molecule has 2 aliphatic heterocycles. The van der Waals surface area contributed by atoms with Crippen molar-refractivity contribution >= 4 is 5.71 Å². The van der Waals surface area contributed by atoms with Crippen LogP contribution in [-0.2, 0) is 0 Å². The van der Waals surface area contributed by atoms with Crippen molar-refractivity contribution < 1.29 is 0 Å². The van der Waals surface area contributed by atoms with Crippen molar-refractivity contribution in [3.05, 3.63) is 0 Å². The average Bonchev–Trinajstić information content (AvgIpc) is 2.12. The maximum absolute atomic E-state index is 4.52. The predicted octanol–water partition coefficient (Wildman–Crippen LogP) is 0.927. The second-order valence-electron chi connectivity index (χ2n) is 3.18. The van der Waals surface area contributed by atoms with Crippen LogP contribution in [0.2, 0.25) is 0 Å². The monoisotopic (exact) mass is 138 g/mol. The fourth-order valence-electron chi connectivity index (χ4n) is 1.77. The summed E-state index contributed by atoms with van der Waals surface area (Å²) in [4.78, 5) is 7.04. The molecule has 2 rings (SSSR count). The molecular formula is C8H14N2. The maximum atomic E-state index is 4.52. The molecule has 2 heteroatoms. The number of aliphatic imine (C=N–C) groups is 1. The van der Waals surface area contributed by atoms with Crippen LogP contribution in [0.15, 0.2) is 4.99 Å². The van der Waals surface area contributed by atoms with Gasteiger partial charge >= 0.3 is 0 Å². The molecule has 0 N–H and O–H groups in total. The van der Waals surface area contributed by atoms with Gasteiger partial charge in [0.1, 0.15) is 0 Å². The van der Waals surface area contributed by atoms with E-state index in [-0.39, 0.29) is 0 Å². The normalized spacial score (nSPS) is 32.8. The third-order valence-corrected chi connectivity index (χ3v) is 2.31. The van der Waals surface area contributed by atoms with E-state index in [0.717, 1.165) is 6.54 Å². The van der Waals surface area contributed by atoms with Gasteiger partial charge in [0.05, 0.1) is 0 Å². The minimum atomic E-state index is 1.08. The minimum absolute atomic E-state index is 1.08. The molecule has 0 saturated carbocycles. The van der Waals surface area contributed by atoms with E-state index < -0.39 is 0 Å². The molecule has 0 radical (unpaired) electrons. The molecule has 0 aliphatic carbocycles. The van der Waals surface area contributed by atoms with Gasteiger partial charge < -0.3 is 0 Å². The molecule has 56 valence electrons. The first kappa shape index (κ1) is 6.35. The summed E-state index contributed by atoms with van der Waals surface area (Å²) in [6, 6.07) is 0. The fraction of sp³-hybridized carbons (Fsp3) is 0.875. The maximum Gasteiger partial charge on any atom is 0.0401 e. The van der Waals surface area contributed by atoms with Crippen LogP contribution in [0.1, 0.15) is 19.3 Å². The van der Waals surface area contributed by atoms with Crippen LogP contribution in [0.5, 0.6) is 0 Å². The van der Waals surface area contributed by atoms with Crippen LogP contribution in [0.3, 0.4) is 0 Å². The molecule has 1 saturated heterocycles. The Morgan fingerprint density at radius 3 is 3.10 bits per heavy atom. The number of fused-ring (bicyclic) bond motifs is 2. The molecule has 10 heavy (non-hydrogen) atoms. The van der Waals surface area contributed by atoms with Crippen molar-refractivity contribution in [3.8, 4) is 0 Å². The van der Waals surface area contributed by atoms with Crippen molar-refractivity contribution in [2.24, 2.45) is 4.99 Å². The molecule has 2 aliphatic rings. The molecule has 0 aromatic heterocycles. The zero-order valence-electron chi connectivity index (χ0n) is 6.34. The van der Waals surface area contributed by atoms with Gasteiger partial charge in [0.2, 0.25) is 0 Å². The Kier molecular flexibility index (Phi) is 1.72. The van der Waals surface area contributed by atoms with Gasteiger partial charge in [-0.1, -0.05) is 0 Å². The molecule has 2 bridgehead atoms. The lowest BCUT2D eigenvalue weighted by atomic mass is 10.1. The van der Waals surface area contributed by atoms with Gasteiger partial charge in [-0.3, -0.25) is 9.89 Å². The largest absolute Gasteiger partial charge is 0.298 e. The second kappa shape index (κ2) is 2.70. The average molecular weight is 138 g/mol. The molecule has 0 spiro atoms. The summed E-state index contributed by atoms with van der Waals surface area (Å²) in [7, 11) is 0. The van der Waals surface area contributed by atoms with E-state index in [1.165, 1.54) is 44.6 Å². The quantitative estimate of drug-likeness (QED) is 0.486. The van der Waals surface area contributed by atoms with Crippen LogP contribution in [-0.4, -0.2) is 36.8 Å². The first-order chi connectivity index (χ1) is 4.95. The Labute approximate surface area is 61.9 Å². The number of piperidine rings is 1. The molecular weight excluding hydrogens is 124 g/mol. The first-order valence-electron chi connectivity index (χ1n) is 4.20. The Morgan fingerprint density at radius 1 is 1.20 bits per heavy atom. The lowest BCUT2D eigenvalue weighted by Crippen LogP contribution is -2.34. The van der Waals surface area contributed by atoms with Crippen molar-refractivity contribution in [1.82, 2.24) is 4.90 Å². The molecule has 0 amide bonds. The standard InChI is InChI=1S/C8H14N2/c1-3-8-7-10(5-1)6-2-4-9-8/h1-7H2. The predicted molar refractivity (Wildman–Crippen MR) is 42.6 cm³/mol. The number of nitrogens with zero attached hydrogens (tertiary/aromatic N) is 2. The van der Waals surface area contributed by atoms with E-state index in [0.29, 0.717) is 0 Å². The van der Waals surface area contributed by atoms with E-state index in [1.807, 2.05) is 0 Å². The van der Waals surface area contributed by atoms with Crippen LogP contribution in [0, 0.1) is 0 Å². The summed E-state index contributed by atoms with van der Waals surface area (Å²) < 4.78 is 0. The highest BCUT2D eigenvalue weighted by atomic mass is 15.1. The number of hydrogen-bond donors (Lipinski definition) is 0. The van der Waals surface area contributed by atoms with E-state index in [4.69, 9.17) is 0 Å². The third-order valence-electron chi connectivity index (χ3n) is 2.31. The Bertz CT molecular complexity index is 151. The van der Waals surface area contributed by atoms with Gasteiger partial charge in [0.25, 0.3) is 0 Å². The Balaban J connectivity index is 2.08. The van der Waals surface area contributed by atoms with Crippen LogP contribution < -0.4 is 0 Å². The fourth-order valence-corrected chi connectivity index (χ4v) is 1.77. The van der Waals surface area contributed by atoms with E-state index in [2.05, 4.69) is 9.89 Å².